The van der Waals surface area contributed by atoms with Gasteiger partial charge in [-0.2, -0.15) is 0 Å². The fourth-order valence-electron chi connectivity index (χ4n) is 3.05. The van der Waals surface area contributed by atoms with Crippen molar-refractivity contribution in [2.24, 2.45) is 11.8 Å². The summed E-state index contributed by atoms with van der Waals surface area (Å²) in [4.78, 5) is 0. The highest BCUT2D eigenvalue weighted by molar-refractivity contribution is 4.72. The van der Waals surface area contributed by atoms with E-state index in [0.717, 1.165) is 51.1 Å². The molecule has 0 aromatic rings. The molecule has 0 radical (unpaired) electrons. The zero-order valence-electron chi connectivity index (χ0n) is 14.4. The summed E-state index contributed by atoms with van der Waals surface area (Å²) >= 11 is 0. The first-order valence-electron chi connectivity index (χ1n) is 9.24. The number of rotatable bonds is 14. The van der Waals surface area contributed by atoms with Gasteiger partial charge in [-0.1, -0.05) is 12.2 Å². The molecule has 2 nitrogen and oxygen atoms in total. The third-order valence-corrected chi connectivity index (χ3v) is 4.57. The summed E-state index contributed by atoms with van der Waals surface area (Å²) in [5.74, 6) is 1.56. The highest BCUT2D eigenvalue weighted by Gasteiger charge is 2.21. The molecule has 1 aliphatic carbocycles. The minimum absolute atomic E-state index is 0.781. The van der Waals surface area contributed by atoms with Crippen molar-refractivity contribution in [3.8, 4) is 0 Å². The monoisotopic (exact) mass is 308 g/mol. The fourth-order valence-corrected chi connectivity index (χ4v) is 3.05. The first kappa shape index (κ1) is 19.4. The van der Waals surface area contributed by atoms with Crippen LogP contribution in [0.25, 0.3) is 0 Å². The predicted octanol–water partition coefficient (Wildman–Crippen LogP) is 5.54. The van der Waals surface area contributed by atoms with E-state index in [-0.39, 0.29) is 0 Å². The van der Waals surface area contributed by atoms with E-state index in [1.165, 1.54) is 51.4 Å². The van der Waals surface area contributed by atoms with E-state index in [1.807, 2.05) is 12.2 Å². The van der Waals surface area contributed by atoms with Gasteiger partial charge in [-0.25, -0.2) is 0 Å². The molecule has 0 aliphatic heterocycles. The maximum atomic E-state index is 5.82. The van der Waals surface area contributed by atoms with Crippen molar-refractivity contribution in [3.63, 3.8) is 0 Å². The molecule has 1 aliphatic rings. The van der Waals surface area contributed by atoms with Gasteiger partial charge < -0.3 is 9.47 Å². The standard InChI is InChI=1S/C20H36O2/c1-3-5-7-9-15-21-17-19-11-13-20(14-12-19)18-22-16-10-8-6-4-2/h3-4,19-20H,1-2,5-18H2. The van der Waals surface area contributed by atoms with Crippen LogP contribution in [0.15, 0.2) is 25.3 Å². The molecule has 128 valence electrons. The van der Waals surface area contributed by atoms with Crippen LogP contribution in [0, 0.1) is 11.8 Å². The molecular weight excluding hydrogens is 272 g/mol. The molecule has 22 heavy (non-hydrogen) atoms. The number of ether oxygens (including phenoxy) is 2. The van der Waals surface area contributed by atoms with Crippen LogP contribution in [0.3, 0.4) is 0 Å². The maximum Gasteiger partial charge on any atom is 0.0494 e. The van der Waals surface area contributed by atoms with Crippen LogP contribution < -0.4 is 0 Å². The topological polar surface area (TPSA) is 18.5 Å². The minimum atomic E-state index is 0.781. The Kier molecular flexibility index (Phi) is 12.4. The molecular formula is C20H36O2. The van der Waals surface area contributed by atoms with Crippen molar-refractivity contribution in [3.05, 3.63) is 25.3 Å². The summed E-state index contributed by atoms with van der Waals surface area (Å²) in [5.41, 5.74) is 0. The van der Waals surface area contributed by atoms with Gasteiger partial charge in [0, 0.05) is 26.4 Å². The smallest absolute Gasteiger partial charge is 0.0494 e. The Morgan fingerprint density at radius 1 is 0.682 bits per heavy atom. The second-order valence-electron chi connectivity index (χ2n) is 6.61. The molecule has 0 amide bonds. The number of unbranched alkanes of at least 4 members (excludes halogenated alkanes) is 4. The molecule has 0 aromatic carbocycles. The summed E-state index contributed by atoms with van der Waals surface area (Å²) in [6.07, 6.45) is 16.2. The number of hydrogen-bond donors (Lipinski definition) is 0. The lowest BCUT2D eigenvalue weighted by atomic mass is 9.83. The van der Waals surface area contributed by atoms with E-state index in [4.69, 9.17) is 9.47 Å². The molecule has 0 spiro atoms. The Morgan fingerprint density at radius 2 is 1.09 bits per heavy atom. The Labute approximate surface area is 138 Å². The van der Waals surface area contributed by atoms with Crippen LogP contribution in [0.1, 0.15) is 64.2 Å². The normalized spacial score (nSPS) is 21.6. The second kappa shape index (κ2) is 14.0. The molecule has 0 aromatic heterocycles. The highest BCUT2D eigenvalue weighted by Crippen LogP contribution is 2.29. The molecule has 0 unspecified atom stereocenters. The lowest BCUT2D eigenvalue weighted by Crippen LogP contribution is -2.22. The van der Waals surface area contributed by atoms with Crippen molar-refractivity contribution in [1.82, 2.24) is 0 Å². The third-order valence-electron chi connectivity index (χ3n) is 4.57. The van der Waals surface area contributed by atoms with Gasteiger partial charge in [0.25, 0.3) is 0 Å². The Hall–Kier alpha value is -0.600. The third kappa shape index (κ3) is 10.2. The minimum Gasteiger partial charge on any atom is -0.381 e. The largest absolute Gasteiger partial charge is 0.381 e. The van der Waals surface area contributed by atoms with E-state index in [2.05, 4.69) is 13.2 Å². The molecule has 0 heterocycles. The van der Waals surface area contributed by atoms with Crippen LogP contribution in [-0.2, 0) is 9.47 Å². The van der Waals surface area contributed by atoms with Gasteiger partial charge in [0.2, 0.25) is 0 Å². The molecule has 0 bridgehead atoms. The fraction of sp³-hybridized carbons (Fsp3) is 0.800. The van der Waals surface area contributed by atoms with E-state index >= 15 is 0 Å². The summed E-state index contributed by atoms with van der Waals surface area (Å²) in [6.45, 7) is 11.2. The van der Waals surface area contributed by atoms with Crippen molar-refractivity contribution in [2.45, 2.75) is 64.2 Å². The number of hydrogen-bond acceptors (Lipinski definition) is 2. The van der Waals surface area contributed by atoms with Crippen molar-refractivity contribution in [1.29, 1.82) is 0 Å². The predicted molar refractivity (Wildman–Crippen MR) is 95.2 cm³/mol. The van der Waals surface area contributed by atoms with Crippen LogP contribution in [-0.4, -0.2) is 26.4 Å². The van der Waals surface area contributed by atoms with Crippen molar-refractivity contribution in [2.75, 3.05) is 26.4 Å². The van der Waals surface area contributed by atoms with Gasteiger partial charge in [-0.15, -0.1) is 13.2 Å². The second-order valence-corrected chi connectivity index (χ2v) is 6.61. The summed E-state index contributed by atoms with van der Waals surface area (Å²) in [7, 11) is 0. The van der Waals surface area contributed by atoms with Gasteiger partial charge in [0.1, 0.15) is 0 Å². The van der Waals surface area contributed by atoms with Gasteiger partial charge in [0.05, 0.1) is 0 Å². The molecule has 0 N–H and O–H groups in total. The lowest BCUT2D eigenvalue weighted by molar-refractivity contribution is 0.0480. The average Bonchev–Trinajstić information content (AvgIpc) is 2.55. The van der Waals surface area contributed by atoms with Gasteiger partial charge in [0.15, 0.2) is 0 Å². The molecule has 1 fully saturated rings. The zero-order chi connectivity index (χ0) is 15.9. The molecule has 2 heteroatoms. The zero-order valence-corrected chi connectivity index (χ0v) is 14.4. The van der Waals surface area contributed by atoms with E-state index in [9.17, 15) is 0 Å². The van der Waals surface area contributed by atoms with Crippen LogP contribution in [0.4, 0.5) is 0 Å². The SMILES string of the molecule is C=CCCCCOCC1CCC(COCCCCC=C)CC1. The summed E-state index contributed by atoms with van der Waals surface area (Å²) < 4.78 is 11.6. The Balaban J connectivity index is 1.90. The highest BCUT2D eigenvalue weighted by atomic mass is 16.5. The summed E-state index contributed by atoms with van der Waals surface area (Å²) in [6, 6.07) is 0. The molecule has 1 saturated carbocycles. The van der Waals surface area contributed by atoms with Gasteiger partial charge >= 0.3 is 0 Å². The van der Waals surface area contributed by atoms with Gasteiger partial charge in [-0.05, 0) is 76.0 Å². The first-order valence-corrected chi connectivity index (χ1v) is 9.24. The quantitative estimate of drug-likeness (QED) is 0.310. The Morgan fingerprint density at radius 3 is 1.45 bits per heavy atom. The molecule has 0 atom stereocenters. The molecule has 1 rings (SSSR count). The van der Waals surface area contributed by atoms with Gasteiger partial charge in [-0.3, -0.25) is 0 Å². The summed E-state index contributed by atoms with van der Waals surface area (Å²) in [5, 5.41) is 0. The average molecular weight is 309 g/mol. The van der Waals surface area contributed by atoms with Crippen LogP contribution in [0.2, 0.25) is 0 Å². The number of allylic oxidation sites excluding steroid dienone is 2. The van der Waals surface area contributed by atoms with Crippen LogP contribution >= 0.6 is 0 Å². The van der Waals surface area contributed by atoms with E-state index in [1.54, 1.807) is 0 Å². The molecule has 0 saturated heterocycles. The Bertz CT molecular complexity index is 239. The van der Waals surface area contributed by atoms with Crippen LogP contribution in [0.5, 0.6) is 0 Å². The van der Waals surface area contributed by atoms with Crippen molar-refractivity contribution < 1.29 is 9.47 Å². The lowest BCUT2D eigenvalue weighted by Gasteiger charge is -2.28. The van der Waals surface area contributed by atoms with E-state index < -0.39 is 0 Å². The maximum absolute atomic E-state index is 5.82. The van der Waals surface area contributed by atoms with Crippen molar-refractivity contribution >= 4 is 0 Å². The van der Waals surface area contributed by atoms with E-state index in [0.29, 0.717) is 0 Å². The first-order chi connectivity index (χ1) is 10.9.